The number of nitrogens with one attached hydrogen (secondary N) is 1. The van der Waals surface area contributed by atoms with Gasteiger partial charge in [-0.05, 0) is 0 Å². The largest absolute Gasteiger partial charge is 0.468 e. The van der Waals surface area contributed by atoms with Gasteiger partial charge in [0.1, 0.15) is 6.04 Å². The number of ether oxygens (including phenoxy) is 2. The lowest BCUT2D eigenvalue weighted by Crippen LogP contribution is -2.32. The van der Waals surface area contributed by atoms with Crippen molar-refractivity contribution in [3.05, 3.63) is 16.1 Å². The third-order valence-corrected chi connectivity index (χ3v) is 3.84. The zero-order chi connectivity index (χ0) is 14.5. The Balaban J connectivity index is 2.85. The molecular weight excluding hydrogens is 264 g/mol. The van der Waals surface area contributed by atoms with E-state index >= 15 is 0 Å². The standard InChI is InChI=1S/C13H22N2O3S/c1-13(2,3)12-15-9(8-19-12)10(11(16)18-5)14-6-7-17-4/h8,10,14H,6-7H2,1-5H3. The fourth-order valence-corrected chi connectivity index (χ4v) is 2.43. The Bertz CT molecular complexity index is 412. The second-order valence-corrected chi connectivity index (χ2v) is 6.09. The highest BCUT2D eigenvalue weighted by atomic mass is 32.1. The highest BCUT2D eigenvalue weighted by molar-refractivity contribution is 7.09. The first-order chi connectivity index (χ1) is 8.90. The molecule has 0 aliphatic heterocycles. The normalized spacial score (nSPS) is 13.3. The molecule has 0 amide bonds. The van der Waals surface area contributed by atoms with Crippen molar-refractivity contribution in [1.82, 2.24) is 10.3 Å². The second kappa shape index (κ2) is 6.98. The van der Waals surface area contributed by atoms with Gasteiger partial charge in [-0.1, -0.05) is 20.8 Å². The molecular formula is C13H22N2O3S. The number of carbonyl (C=O) groups is 1. The monoisotopic (exact) mass is 286 g/mol. The summed E-state index contributed by atoms with van der Waals surface area (Å²) in [6.45, 7) is 7.39. The fraction of sp³-hybridized carbons (Fsp3) is 0.692. The van der Waals surface area contributed by atoms with Crippen LogP contribution in [0.1, 0.15) is 37.5 Å². The number of rotatable bonds is 6. The number of carbonyl (C=O) groups excluding carboxylic acids is 1. The second-order valence-electron chi connectivity index (χ2n) is 5.23. The molecule has 0 aromatic carbocycles. The molecule has 1 rings (SSSR count). The quantitative estimate of drug-likeness (QED) is 0.639. The molecule has 1 atom stereocenters. The lowest BCUT2D eigenvalue weighted by molar-refractivity contribution is -0.143. The van der Waals surface area contributed by atoms with Crippen LogP contribution in [0.25, 0.3) is 0 Å². The van der Waals surface area contributed by atoms with Crippen LogP contribution in [0.4, 0.5) is 0 Å². The van der Waals surface area contributed by atoms with Crippen molar-refractivity contribution in [2.75, 3.05) is 27.4 Å². The minimum atomic E-state index is -0.535. The summed E-state index contributed by atoms with van der Waals surface area (Å²) >= 11 is 1.56. The van der Waals surface area contributed by atoms with Crippen molar-refractivity contribution in [2.45, 2.75) is 32.2 Å². The summed E-state index contributed by atoms with van der Waals surface area (Å²) in [5, 5.41) is 6.01. The predicted molar refractivity (Wildman–Crippen MR) is 75.4 cm³/mol. The van der Waals surface area contributed by atoms with E-state index in [1.165, 1.54) is 7.11 Å². The Morgan fingerprint density at radius 2 is 2.16 bits per heavy atom. The van der Waals surface area contributed by atoms with Gasteiger partial charge >= 0.3 is 5.97 Å². The Kier molecular flexibility index (Phi) is 5.90. The van der Waals surface area contributed by atoms with Crippen LogP contribution in [0, 0.1) is 0 Å². The SMILES string of the molecule is COCCNC(C(=O)OC)c1csc(C(C)(C)C)n1. The summed E-state index contributed by atoms with van der Waals surface area (Å²) in [7, 11) is 3.00. The van der Waals surface area contributed by atoms with E-state index in [4.69, 9.17) is 9.47 Å². The van der Waals surface area contributed by atoms with Crippen molar-refractivity contribution in [1.29, 1.82) is 0 Å². The van der Waals surface area contributed by atoms with Crippen molar-refractivity contribution in [2.24, 2.45) is 0 Å². The average molecular weight is 286 g/mol. The number of thiazole rings is 1. The van der Waals surface area contributed by atoms with E-state index in [2.05, 4.69) is 31.1 Å². The number of hydrogen-bond acceptors (Lipinski definition) is 6. The molecule has 0 spiro atoms. The van der Waals surface area contributed by atoms with Gasteiger partial charge in [0.25, 0.3) is 0 Å². The van der Waals surface area contributed by atoms with E-state index in [1.54, 1.807) is 18.4 Å². The topological polar surface area (TPSA) is 60.5 Å². The highest BCUT2D eigenvalue weighted by Crippen LogP contribution is 2.28. The smallest absolute Gasteiger partial charge is 0.329 e. The van der Waals surface area contributed by atoms with E-state index in [-0.39, 0.29) is 11.4 Å². The first kappa shape index (κ1) is 16.1. The molecule has 1 N–H and O–H groups in total. The van der Waals surface area contributed by atoms with E-state index in [0.29, 0.717) is 18.8 Å². The van der Waals surface area contributed by atoms with Crippen LogP contribution in [0.3, 0.4) is 0 Å². The molecule has 1 heterocycles. The van der Waals surface area contributed by atoms with Gasteiger partial charge in [-0.3, -0.25) is 5.32 Å². The van der Waals surface area contributed by atoms with E-state index in [9.17, 15) is 4.79 Å². The van der Waals surface area contributed by atoms with Gasteiger partial charge in [0.2, 0.25) is 0 Å². The van der Waals surface area contributed by atoms with Gasteiger partial charge in [-0.25, -0.2) is 9.78 Å². The number of methoxy groups -OCH3 is 2. The molecule has 0 aliphatic carbocycles. The van der Waals surface area contributed by atoms with Crippen LogP contribution in [0.15, 0.2) is 5.38 Å². The average Bonchev–Trinajstić information content (AvgIpc) is 2.83. The van der Waals surface area contributed by atoms with E-state index in [1.807, 2.05) is 5.38 Å². The Labute approximate surface area is 118 Å². The molecule has 108 valence electrons. The summed E-state index contributed by atoms with van der Waals surface area (Å²) in [6, 6.07) is -0.535. The lowest BCUT2D eigenvalue weighted by atomic mass is 9.98. The molecule has 0 saturated heterocycles. The highest BCUT2D eigenvalue weighted by Gasteiger charge is 2.26. The van der Waals surface area contributed by atoms with Gasteiger partial charge in [0.05, 0.1) is 24.4 Å². The molecule has 0 saturated carbocycles. The molecule has 1 aromatic rings. The zero-order valence-corrected chi connectivity index (χ0v) is 13.0. The van der Waals surface area contributed by atoms with Crippen LogP contribution in [-0.4, -0.2) is 38.3 Å². The van der Waals surface area contributed by atoms with E-state index in [0.717, 1.165) is 5.01 Å². The summed E-state index contributed by atoms with van der Waals surface area (Å²) in [6.07, 6.45) is 0. The Morgan fingerprint density at radius 1 is 1.47 bits per heavy atom. The van der Waals surface area contributed by atoms with Crippen molar-refractivity contribution in [3.63, 3.8) is 0 Å². The van der Waals surface area contributed by atoms with Crippen LogP contribution < -0.4 is 5.32 Å². The van der Waals surface area contributed by atoms with Crippen LogP contribution >= 0.6 is 11.3 Å². The molecule has 19 heavy (non-hydrogen) atoms. The first-order valence-corrected chi connectivity index (χ1v) is 7.04. The molecule has 0 bridgehead atoms. The van der Waals surface area contributed by atoms with E-state index < -0.39 is 6.04 Å². The molecule has 0 aliphatic rings. The summed E-state index contributed by atoms with van der Waals surface area (Å²) in [4.78, 5) is 16.3. The zero-order valence-electron chi connectivity index (χ0n) is 12.1. The maximum absolute atomic E-state index is 11.8. The Hall–Kier alpha value is -0.980. The minimum Gasteiger partial charge on any atom is -0.468 e. The fourth-order valence-electron chi connectivity index (χ4n) is 1.50. The minimum absolute atomic E-state index is 0.0177. The molecule has 0 radical (unpaired) electrons. The summed E-state index contributed by atoms with van der Waals surface area (Å²) in [5.41, 5.74) is 0.689. The lowest BCUT2D eigenvalue weighted by Gasteiger charge is -2.16. The number of aromatic nitrogens is 1. The maximum Gasteiger partial charge on any atom is 0.329 e. The molecule has 0 fully saturated rings. The Morgan fingerprint density at radius 3 is 2.63 bits per heavy atom. The van der Waals surface area contributed by atoms with Gasteiger partial charge < -0.3 is 9.47 Å². The summed E-state index contributed by atoms with van der Waals surface area (Å²) < 4.78 is 9.78. The molecule has 5 nitrogen and oxygen atoms in total. The van der Waals surface area contributed by atoms with Gasteiger partial charge in [0, 0.05) is 24.4 Å². The summed E-state index contributed by atoms with van der Waals surface area (Å²) in [5.74, 6) is -0.332. The molecule has 1 aromatic heterocycles. The van der Waals surface area contributed by atoms with Crippen LogP contribution in [0.2, 0.25) is 0 Å². The number of hydrogen-bond donors (Lipinski definition) is 1. The molecule has 6 heteroatoms. The maximum atomic E-state index is 11.8. The van der Waals surface area contributed by atoms with Crippen molar-refractivity contribution >= 4 is 17.3 Å². The number of esters is 1. The third-order valence-electron chi connectivity index (χ3n) is 2.55. The van der Waals surface area contributed by atoms with Crippen LogP contribution in [0.5, 0.6) is 0 Å². The van der Waals surface area contributed by atoms with Crippen molar-refractivity contribution < 1.29 is 14.3 Å². The predicted octanol–water partition coefficient (Wildman–Crippen LogP) is 1.89. The third kappa shape index (κ3) is 4.56. The van der Waals surface area contributed by atoms with Gasteiger partial charge in [0.15, 0.2) is 0 Å². The van der Waals surface area contributed by atoms with Crippen molar-refractivity contribution in [3.8, 4) is 0 Å². The van der Waals surface area contributed by atoms with Crippen LogP contribution in [-0.2, 0) is 19.7 Å². The number of nitrogens with zero attached hydrogens (tertiary/aromatic N) is 1. The first-order valence-electron chi connectivity index (χ1n) is 6.16. The molecule has 1 unspecified atom stereocenters. The van der Waals surface area contributed by atoms with Gasteiger partial charge in [-0.15, -0.1) is 11.3 Å². The van der Waals surface area contributed by atoms with Gasteiger partial charge in [-0.2, -0.15) is 0 Å².